The van der Waals surface area contributed by atoms with Crippen molar-refractivity contribution in [2.24, 2.45) is 5.41 Å². The van der Waals surface area contributed by atoms with Gasteiger partial charge in [0.05, 0.1) is 20.1 Å². The molecule has 3 aromatic rings. The molecule has 0 N–H and O–H groups in total. The lowest BCUT2D eigenvalue weighted by molar-refractivity contribution is -0.142. The molecule has 0 saturated heterocycles. The first-order valence-electron chi connectivity index (χ1n) is 14.1. The maximum Gasteiger partial charge on any atom is 0.313 e. The number of hydrogen-bond acceptors (Lipinski definition) is 4. The van der Waals surface area contributed by atoms with E-state index in [4.69, 9.17) is 14.2 Å². The molecule has 5 rings (SSSR count). The molecule has 0 amide bonds. The molecule has 39 heavy (non-hydrogen) atoms. The number of ether oxygens (including phenoxy) is 3. The number of halogens is 1. The predicted molar refractivity (Wildman–Crippen MR) is 152 cm³/mol. The lowest BCUT2D eigenvalue weighted by Crippen LogP contribution is -2.17. The Balaban J connectivity index is 1.46. The van der Waals surface area contributed by atoms with E-state index in [9.17, 15) is 4.79 Å². The number of aryl methyl sites for hydroxylation is 1. The zero-order valence-corrected chi connectivity index (χ0v) is 23.5. The molecule has 0 aromatic heterocycles. The summed E-state index contributed by atoms with van der Waals surface area (Å²) in [4.78, 5) is 12.5. The number of esters is 1. The van der Waals surface area contributed by atoms with E-state index in [-0.39, 0.29) is 23.1 Å². The second-order valence-electron chi connectivity index (χ2n) is 11.7. The molecule has 0 spiro atoms. The summed E-state index contributed by atoms with van der Waals surface area (Å²) in [6.07, 6.45) is 7.23. The topological polar surface area (TPSA) is 44.8 Å². The predicted octanol–water partition coefficient (Wildman–Crippen LogP) is 8.36. The zero-order chi connectivity index (χ0) is 27.6. The molecule has 5 heteroatoms. The summed E-state index contributed by atoms with van der Waals surface area (Å²) in [5, 5.41) is 0. The lowest BCUT2D eigenvalue weighted by Gasteiger charge is -2.30. The Morgan fingerprint density at radius 1 is 0.897 bits per heavy atom. The van der Waals surface area contributed by atoms with Crippen LogP contribution >= 0.6 is 0 Å². The molecule has 0 bridgehead atoms. The van der Waals surface area contributed by atoms with Crippen molar-refractivity contribution in [3.05, 3.63) is 82.7 Å². The third kappa shape index (κ3) is 5.68. The second kappa shape index (κ2) is 11.4. The van der Waals surface area contributed by atoms with Crippen molar-refractivity contribution >= 4 is 5.97 Å². The normalized spacial score (nSPS) is 20.1. The fourth-order valence-electron chi connectivity index (χ4n) is 6.56. The van der Waals surface area contributed by atoms with E-state index in [1.54, 1.807) is 19.2 Å². The minimum atomic E-state index is -0.248. The average molecular weight is 531 g/mol. The number of carbonyl (C=O) groups is 1. The van der Waals surface area contributed by atoms with Crippen LogP contribution in [0.3, 0.4) is 0 Å². The molecule has 4 nitrogen and oxygen atoms in total. The van der Waals surface area contributed by atoms with Gasteiger partial charge in [-0.05, 0) is 102 Å². The van der Waals surface area contributed by atoms with Crippen molar-refractivity contribution in [2.75, 3.05) is 14.2 Å². The van der Waals surface area contributed by atoms with Gasteiger partial charge in [-0.25, -0.2) is 4.39 Å². The quantitative estimate of drug-likeness (QED) is 0.227. The fourth-order valence-corrected chi connectivity index (χ4v) is 6.56. The molecule has 3 aromatic carbocycles. The van der Waals surface area contributed by atoms with Crippen molar-refractivity contribution in [1.82, 2.24) is 0 Å². The van der Waals surface area contributed by atoms with Gasteiger partial charge in [0.2, 0.25) is 0 Å². The first kappa shape index (κ1) is 27.2. The van der Waals surface area contributed by atoms with Gasteiger partial charge in [0.25, 0.3) is 0 Å². The summed E-state index contributed by atoms with van der Waals surface area (Å²) in [6.45, 7) is 5.02. The van der Waals surface area contributed by atoms with Crippen molar-refractivity contribution in [1.29, 1.82) is 0 Å². The Labute approximate surface area is 231 Å². The highest BCUT2D eigenvalue weighted by atomic mass is 19.1. The van der Waals surface area contributed by atoms with E-state index in [1.165, 1.54) is 24.3 Å². The van der Waals surface area contributed by atoms with Gasteiger partial charge in [-0.1, -0.05) is 51.0 Å². The summed E-state index contributed by atoms with van der Waals surface area (Å²) in [6, 6.07) is 17.3. The molecule has 2 unspecified atom stereocenters. The second-order valence-corrected chi connectivity index (χ2v) is 11.7. The maximum absolute atomic E-state index is 15.1. The summed E-state index contributed by atoms with van der Waals surface area (Å²) in [5.74, 6) is 1.04. The number of fused-ring (bicyclic) bond motifs is 1. The van der Waals surface area contributed by atoms with E-state index in [1.807, 2.05) is 24.3 Å². The highest BCUT2D eigenvalue weighted by Crippen LogP contribution is 2.51. The van der Waals surface area contributed by atoms with E-state index in [0.29, 0.717) is 23.8 Å². The number of rotatable bonds is 7. The van der Waals surface area contributed by atoms with Crippen LogP contribution in [0.15, 0.2) is 54.6 Å². The zero-order valence-electron chi connectivity index (χ0n) is 23.5. The maximum atomic E-state index is 15.1. The van der Waals surface area contributed by atoms with Gasteiger partial charge in [-0.3, -0.25) is 4.79 Å². The van der Waals surface area contributed by atoms with Crippen LogP contribution in [0.5, 0.6) is 11.5 Å². The SMILES string of the molecule is COC(=O)C1CCCCc2ccc(OCc3ccc(-c4cc(OC)ccc4F)c(C4CCCC4(C)C)c3)cc21. The summed E-state index contributed by atoms with van der Waals surface area (Å²) in [5.41, 5.74) is 6.04. The monoisotopic (exact) mass is 530 g/mol. The van der Waals surface area contributed by atoms with Crippen LogP contribution in [-0.4, -0.2) is 20.2 Å². The van der Waals surface area contributed by atoms with E-state index < -0.39 is 0 Å². The smallest absolute Gasteiger partial charge is 0.313 e. The third-order valence-electron chi connectivity index (χ3n) is 8.79. The number of methoxy groups -OCH3 is 2. The van der Waals surface area contributed by atoms with Gasteiger partial charge in [0.1, 0.15) is 23.9 Å². The van der Waals surface area contributed by atoms with E-state index in [0.717, 1.165) is 67.4 Å². The van der Waals surface area contributed by atoms with Crippen LogP contribution in [0.1, 0.15) is 86.5 Å². The number of carbonyl (C=O) groups excluding carboxylic acids is 1. The lowest BCUT2D eigenvalue weighted by atomic mass is 9.75. The van der Waals surface area contributed by atoms with Crippen LogP contribution < -0.4 is 9.47 Å². The van der Waals surface area contributed by atoms with Gasteiger partial charge in [0, 0.05) is 5.56 Å². The highest BCUT2D eigenvalue weighted by Gasteiger charge is 2.37. The van der Waals surface area contributed by atoms with E-state index in [2.05, 4.69) is 26.0 Å². The molecular weight excluding hydrogens is 491 g/mol. The van der Waals surface area contributed by atoms with Crippen molar-refractivity contribution in [2.45, 2.75) is 77.2 Å². The van der Waals surface area contributed by atoms with Crippen LogP contribution in [0.25, 0.3) is 11.1 Å². The third-order valence-corrected chi connectivity index (χ3v) is 8.79. The largest absolute Gasteiger partial charge is 0.497 e. The highest BCUT2D eigenvalue weighted by molar-refractivity contribution is 5.79. The van der Waals surface area contributed by atoms with Gasteiger partial charge in [0.15, 0.2) is 0 Å². The Morgan fingerprint density at radius 2 is 1.72 bits per heavy atom. The molecule has 0 aliphatic heterocycles. The van der Waals surface area contributed by atoms with Gasteiger partial charge < -0.3 is 14.2 Å². The molecule has 1 fully saturated rings. The molecule has 0 radical (unpaired) electrons. The first-order valence-corrected chi connectivity index (χ1v) is 14.1. The molecule has 1 saturated carbocycles. The van der Waals surface area contributed by atoms with Crippen LogP contribution in [0, 0.1) is 11.2 Å². The fraction of sp³-hybridized carbons (Fsp3) is 0.441. The van der Waals surface area contributed by atoms with Crippen LogP contribution in [0.2, 0.25) is 0 Å². The Morgan fingerprint density at radius 3 is 2.46 bits per heavy atom. The van der Waals surface area contributed by atoms with Crippen molar-refractivity contribution in [3.63, 3.8) is 0 Å². The van der Waals surface area contributed by atoms with Crippen molar-refractivity contribution in [3.8, 4) is 22.6 Å². The average Bonchev–Trinajstić information content (AvgIpc) is 3.16. The van der Waals surface area contributed by atoms with E-state index >= 15 is 4.39 Å². The molecule has 2 atom stereocenters. The minimum absolute atomic E-state index is 0.128. The standard InChI is InChI=1S/C34H39FO4/c1-34(2)17-7-10-31(34)29-18-22(11-15-26(29)30-19-24(37-3)14-16-32(30)35)21-39-25-13-12-23-8-5-6-9-27(28(23)20-25)33(36)38-4/h11-16,18-20,27,31H,5-10,17,21H2,1-4H3. The number of benzene rings is 3. The summed E-state index contributed by atoms with van der Waals surface area (Å²) >= 11 is 0. The molecule has 2 aliphatic rings. The van der Waals surface area contributed by atoms with Gasteiger partial charge >= 0.3 is 5.97 Å². The van der Waals surface area contributed by atoms with Crippen LogP contribution in [0.4, 0.5) is 4.39 Å². The molecule has 206 valence electrons. The minimum Gasteiger partial charge on any atom is -0.497 e. The Hall–Kier alpha value is -3.34. The van der Waals surface area contributed by atoms with Crippen LogP contribution in [-0.2, 0) is 22.6 Å². The first-order chi connectivity index (χ1) is 18.8. The summed E-state index contributed by atoms with van der Waals surface area (Å²) in [7, 11) is 3.06. The molecular formula is C34H39FO4. The summed E-state index contributed by atoms with van der Waals surface area (Å²) < 4.78 is 31.9. The molecule has 0 heterocycles. The molecule has 2 aliphatic carbocycles. The number of hydrogen-bond donors (Lipinski definition) is 0. The van der Waals surface area contributed by atoms with Gasteiger partial charge in [-0.2, -0.15) is 0 Å². The Kier molecular flexibility index (Phi) is 7.97. The van der Waals surface area contributed by atoms with Crippen molar-refractivity contribution < 1.29 is 23.4 Å². The Bertz CT molecular complexity index is 1350. The van der Waals surface area contributed by atoms with Gasteiger partial charge in [-0.15, -0.1) is 0 Å².